The lowest BCUT2D eigenvalue weighted by Crippen LogP contribution is -2.40. The van der Waals surface area contributed by atoms with E-state index in [-0.39, 0.29) is 12.2 Å². The minimum atomic E-state index is -4.86. The van der Waals surface area contributed by atoms with Crippen LogP contribution in [-0.4, -0.2) is 16.4 Å². The van der Waals surface area contributed by atoms with Gasteiger partial charge in [-0.25, -0.2) is 0 Å². The molecule has 0 radical (unpaired) electrons. The minimum absolute atomic E-state index is 0.273. The Kier molecular flexibility index (Phi) is 4.68. The number of alkyl halides is 3. The van der Waals surface area contributed by atoms with Crippen LogP contribution in [0.15, 0.2) is 60.7 Å². The monoisotopic (exact) mass is 308 g/mol. The lowest BCUT2D eigenvalue weighted by Gasteiger charge is -2.28. The second-order valence-electron chi connectivity index (χ2n) is 4.86. The fourth-order valence-corrected chi connectivity index (χ4v) is 2.00. The van der Waals surface area contributed by atoms with Gasteiger partial charge in [-0.3, -0.25) is 0 Å². The molecule has 5 heteroatoms. The summed E-state index contributed by atoms with van der Waals surface area (Å²) in [5, 5.41) is 19.1. The predicted octanol–water partition coefficient (Wildman–Crippen LogP) is 3.64. The first-order chi connectivity index (χ1) is 10.4. The van der Waals surface area contributed by atoms with Crippen molar-refractivity contribution in [3.05, 3.63) is 77.4 Å². The van der Waals surface area contributed by atoms with Crippen LogP contribution in [0.1, 0.15) is 16.7 Å². The molecule has 0 spiro atoms. The summed E-state index contributed by atoms with van der Waals surface area (Å²) in [4.78, 5) is 0. The molecule has 0 aliphatic carbocycles. The molecule has 2 aromatic carbocycles. The Balaban J connectivity index is 2.41. The van der Waals surface area contributed by atoms with E-state index in [2.05, 4.69) is 0 Å². The van der Waals surface area contributed by atoms with Gasteiger partial charge in [-0.15, -0.1) is 0 Å². The van der Waals surface area contributed by atoms with Gasteiger partial charge in [0.1, 0.15) is 0 Å². The van der Waals surface area contributed by atoms with Gasteiger partial charge in [0, 0.05) is 0 Å². The SMILES string of the molecule is OCc1ccc(C(O)(/C=C/c2ccccc2)C(F)(F)F)cc1. The quantitative estimate of drug-likeness (QED) is 0.905. The van der Waals surface area contributed by atoms with Crippen LogP contribution in [0.2, 0.25) is 0 Å². The van der Waals surface area contributed by atoms with Crippen molar-refractivity contribution in [3.8, 4) is 0 Å². The molecule has 2 aromatic rings. The van der Waals surface area contributed by atoms with Gasteiger partial charge in [-0.1, -0.05) is 60.7 Å². The number of hydrogen-bond donors (Lipinski definition) is 2. The topological polar surface area (TPSA) is 40.5 Å². The Morgan fingerprint density at radius 3 is 2.00 bits per heavy atom. The molecule has 2 nitrogen and oxygen atoms in total. The summed E-state index contributed by atoms with van der Waals surface area (Å²) in [6.07, 6.45) is -2.90. The van der Waals surface area contributed by atoms with Gasteiger partial charge in [0.05, 0.1) is 6.61 Å². The normalized spacial score (nSPS) is 15.0. The number of aliphatic hydroxyl groups is 2. The smallest absolute Gasteiger partial charge is 0.392 e. The Bertz CT molecular complexity index is 633. The summed E-state index contributed by atoms with van der Waals surface area (Å²) in [6, 6.07) is 13.4. The molecule has 0 fully saturated rings. The third kappa shape index (κ3) is 3.37. The zero-order chi connectivity index (χ0) is 16.2. The molecular formula is C17H15F3O2. The van der Waals surface area contributed by atoms with Gasteiger partial charge in [-0.2, -0.15) is 13.2 Å². The number of benzene rings is 2. The minimum Gasteiger partial charge on any atom is -0.392 e. The van der Waals surface area contributed by atoms with Crippen molar-refractivity contribution in [2.45, 2.75) is 18.4 Å². The van der Waals surface area contributed by atoms with Crippen molar-refractivity contribution < 1.29 is 23.4 Å². The Morgan fingerprint density at radius 1 is 0.909 bits per heavy atom. The molecule has 2 N–H and O–H groups in total. The fourth-order valence-electron chi connectivity index (χ4n) is 2.00. The van der Waals surface area contributed by atoms with Crippen LogP contribution < -0.4 is 0 Å². The molecule has 0 bridgehead atoms. The highest BCUT2D eigenvalue weighted by atomic mass is 19.4. The second kappa shape index (κ2) is 6.34. The van der Waals surface area contributed by atoms with Crippen molar-refractivity contribution in [2.24, 2.45) is 0 Å². The van der Waals surface area contributed by atoms with Crippen LogP contribution in [0.25, 0.3) is 6.08 Å². The second-order valence-corrected chi connectivity index (χ2v) is 4.86. The molecule has 1 atom stereocenters. The summed E-state index contributed by atoms with van der Waals surface area (Å²) >= 11 is 0. The van der Waals surface area contributed by atoms with Crippen molar-refractivity contribution in [1.29, 1.82) is 0 Å². The zero-order valence-corrected chi connectivity index (χ0v) is 11.6. The summed E-state index contributed by atoms with van der Waals surface area (Å²) in [5.74, 6) is 0. The first-order valence-corrected chi connectivity index (χ1v) is 6.60. The molecular weight excluding hydrogens is 293 g/mol. The molecule has 0 saturated heterocycles. The average Bonchev–Trinajstić information content (AvgIpc) is 2.52. The van der Waals surface area contributed by atoms with E-state index < -0.39 is 11.8 Å². The average molecular weight is 308 g/mol. The molecule has 0 amide bonds. The van der Waals surface area contributed by atoms with Crippen LogP contribution in [-0.2, 0) is 12.2 Å². The van der Waals surface area contributed by atoms with E-state index in [0.29, 0.717) is 11.1 Å². The van der Waals surface area contributed by atoms with Crippen LogP contribution in [0.3, 0.4) is 0 Å². The third-order valence-corrected chi connectivity index (χ3v) is 3.33. The van der Waals surface area contributed by atoms with Gasteiger partial charge in [0.2, 0.25) is 5.60 Å². The van der Waals surface area contributed by atoms with Gasteiger partial charge in [0.15, 0.2) is 0 Å². The molecule has 22 heavy (non-hydrogen) atoms. The molecule has 1 unspecified atom stereocenters. The lowest BCUT2D eigenvalue weighted by molar-refractivity contribution is -0.244. The molecule has 2 rings (SSSR count). The van der Waals surface area contributed by atoms with E-state index in [4.69, 9.17) is 5.11 Å². The summed E-state index contributed by atoms with van der Waals surface area (Å²) in [7, 11) is 0. The molecule has 0 aliphatic heterocycles. The molecule has 0 saturated carbocycles. The van der Waals surface area contributed by atoms with Crippen molar-refractivity contribution >= 4 is 6.08 Å². The largest absolute Gasteiger partial charge is 0.425 e. The number of halogens is 3. The van der Waals surface area contributed by atoms with Gasteiger partial charge >= 0.3 is 6.18 Å². The summed E-state index contributed by atoms with van der Waals surface area (Å²) in [6.45, 7) is -0.273. The number of hydrogen-bond acceptors (Lipinski definition) is 2. The van der Waals surface area contributed by atoms with E-state index in [1.54, 1.807) is 30.3 Å². The predicted molar refractivity (Wildman–Crippen MR) is 77.8 cm³/mol. The highest BCUT2D eigenvalue weighted by Gasteiger charge is 2.53. The summed E-state index contributed by atoms with van der Waals surface area (Å²) < 4.78 is 40.0. The molecule has 0 aromatic heterocycles. The fraction of sp³-hybridized carbons (Fsp3) is 0.176. The Labute approximate surface area is 126 Å². The third-order valence-electron chi connectivity index (χ3n) is 3.33. The van der Waals surface area contributed by atoms with E-state index in [9.17, 15) is 18.3 Å². The van der Waals surface area contributed by atoms with Crippen molar-refractivity contribution in [3.63, 3.8) is 0 Å². The van der Waals surface area contributed by atoms with Gasteiger partial charge in [-0.05, 0) is 22.8 Å². The molecule has 0 heterocycles. The maximum Gasteiger partial charge on any atom is 0.425 e. The molecule has 0 aliphatic rings. The maximum absolute atomic E-state index is 13.3. The van der Waals surface area contributed by atoms with Crippen LogP contribution >= 0.6 is 0 Å². The molecule has 116 valence electrons. The summed E-state index contributed by atoms with van der Waals surface area (Å²) in [5.41, 5.74) is -2.36. The Hall–Kier alpha value is -2.11. The number of rotatable bonds is 4. The van der Waals surface area contributed by atoms with Crippen LogP contribution in [0.4, 0.5) is 13.2 Å². The first-order valence-electron chi connectivity index (χ1n) is 6.60. The first kappa shape index (κ1) is 16.3. The van der Waals surface area contributed by atoms with Crippen molar-refractivity contribution in [2.75, 3.05) is 0 Å². The van der Waals surface area contributed by atoms with Gasteiger partial charge in [0.25, 0.3) is 0 Å². The van der Waals surface area contributed by atoms with Crippen molar-refractivity contribution in [1.82, 2.24) is 0 Å². The zero-order valence-electron chi connectivity index (χ0n) is 11.6. The van der Waals surface area contributed by atoms with E-state index in [0.717, 1.165) is 18.2 Å². The maximum atomic E-state index is 13.3. The standard InChI is InChI=1S/C17H15F3O2/c18-17(19,20)16(22,11-10-13-4-2-1-3-5-13)15-8-6-14(12-21)7-9-15/h1-11,21-22H,12H2/b11-10+. The van der Waals surface area contributed by atoms with E-state index in [1.807, 2.05) is 0 Å². The highest BCUT2D eigenvalue weighted by Crippen LogP contribution is 2.40. The van der Waals surface area contributed by atoms with Crippen LogP contribution in [0, 0.1) is 0 Å². The number of aliphatic hydroxyl groups excluding tert-OH is 1. The van der Waals surface area contributed by atoms with E-state index in [1.165, 1.54) is 18.2 Å². The lowest BCUT2D eigenvalue weighted by atomic mass is 9.91. The van der Waals surface area contributed by atoms with Gasteiger partial charge < -0.3 is 10.2 Å². The Morgan fingerprint density at radius 2 is 1.50 bits per heavy atom. The highest BCUT2D eigenvalue weighted by molar-refractivity contribution is 5.52. The van der Waals surface area contributed by atoms with E-state index >= 15 is 0 Å². The van der Waals surface area contributed by atoms with Crippen LogP contribution in [0.5, 0.6) is 0 Å².